The van der Waals surface area contributed by atoms with Crippen LogP contribution >= 0.6 is 27.5 Å². The molecule has 1 heterocycles. The van der Waals surface area contributed by atoms with E-state index >= 15 is 0 Å². The topological polar surface area (TPSA) is 44.4 Å². The predicted octanol–water partition coefficient (Wildman–Crippen LogP) is 2.33. The third kappa shape index (κ3) is 4.18. The normalized spacial score (nSPS) is 18.8. The largest absolute Gasteiger partial charge is 0.324 e. The molecule has 1 saturated heterocycles. The van der Waals surface area contributed by atoms with Crippen LogP contribution in [-0.4, -0.2) is 43.5 Å². The van der Waals surface area contributed by atoms with Gasteiger partial charge in [-0.3, -0.25) is 9.69 Å². The lowest BCUT2D eigenvalue weighted by Gasteiger charge is -2.22. The van der Waals surface area contributed by atoms with Crippen LogP contribution in [0.25, 0.3) is 0 Å². The lowest BCUT2D eigenvalue weighted by molar-refractivity contribution is -0.117. The molecule has 0 saturated carbocycles. The number of benzene rings is 1. The number of hydrogen-bond donors (Lipinski definition) is 2. The van der Waals surface area contributed by atoms with Gasteiger partial charge in [-0.05, 0) is 38.2 Å². The fourth-order valence-corrected chi connectivity index (χ4v) is 2.87. The second-order valence-electron chi connectivity index (χ2n) is 4.73. The van der Waals surface area contributed by atoms with Crippen molar-refractivity contribution in [1.82, 2.24) is 10.2 Å². The highest BCUT2D eigenvalue weighted by molar-refractivity contribution is 9.10. The van der Waals surface area contributed by atoms with Crippen molar-refractivity contribution in [2.75, 3.05) is 32.0 Å². The van der Waals surface area contributed by atoms with E-state index in [2.05, 4.69) is 31.5 Å². The molecule has 1 aliphatic heterocycles. The number of likely N-dealkylation sites (N-methyl/N-ethyl adjacent to an activating group) is 1. The molecule has 1 aromatic carbocycles. The van der Waals surface area contributed by atoms with Gasteiger partial charge in [-0.2, -0.15) is 0 Å². The van der Waals surface area contributed by atoms with Crippen molar-refractivity contribution < 1.29 is 4.79 Å². The first-order chi connectivity index (χ1) is 9.06. The van der Waals surface area contributed by atoms with Crippen LogP contribution in [0.5, 0.6) is 0 Å². The van der Waals surface area contributed by atoms with Gasteiger partial charge in [0.05, 0.1) is 17.3 Å². The Morgan fingerprint density at radius 3 is 3.05 bits per heavy atom. The van der Waals surface area contributed by atoms with Gasteiger partial charge in [-0.15, -0.1) is 0 Å². The standard InChI is InChI=1S/C13H17BrClN3O/c1-18(10-4-5-16-7-10)8-13(19)17-12-3-2-9(14)6-11(12)15/h2-3,6,10,16H,4-5,7-8H2,1H3,(H,17,19). The van der Waals surface area contributed by atoms with Gasteiger partial charge in [0.15, 0.2) is 0 Å². The number of amides is 1. The number of carbonyl (C=O) groups is 1. The second-order valence-corrected chi connectivity index (χ2v) is 6.06. The number of halogens is 2. The third-order valence-electron chi connectivity index (χ3n) is 3.26. The molecule has 1 atom stereocenters. The summed E-state index contributed by atoms with van der Waals surface area (Å²) in [5.41, 5.74) is 0.646. The van der Waals surface area contributed by atoms with Crippen molar-refractivity contribution in [3.05, 3.63) is 27.7 Å². The van der Waals surface area contributed by atoms with Gasteiger partial charge in [0.1, 0.15) is 0 Å². The van der Waals surface area contributed by atoms with E-state index in [0.29, 0.717) is 23.3 Å². The van der Waals surface area contributed by atoms with E-state index in [0.717, 1.165) is 24.0 Å². The van der Waals surface area contributed by atoms with Gasteiger partial charge < -0.3 is 10.6 Å². The SMILES string of the molecule is CN(CC(=O)Nc1ccc(Br)cc1Cl)C1CCNC1. The highest BCUT2D eigenvalue weighted by atomic mass is 79.9. The van der Waals surface area contributed by atoms with Crippen molar-refractivity contribution in [2.24, 2.45) is 0 Å². The molecule has 19 heavy (non-hydrogen) atoms. The minimum atomic E-state index is -0.0429. The fraction of sp³-hybridized carbons (Fsp3) is 0.462. The van der Waals surface area contributed by atoms with Gasteiger partial charge in [0.2, 0.25) is 5.91 Å². The summed E-state index contributed by atoms with van der Waals surface area (Å²) in [6, 6.07) is 5.85. The van der Waals surface area contributed by atoms with Crippen LogP contribution in [-0.2, 0) is 4.79 Å². The molecule has 0 aliphatic carbocycles. The Labute approximate surface area is 126 Å². The molecule has 1 fully saturated rings. The zero-order chi connectivity index (χ0) is 13.8. The van der Waals surface area contributed by atoms with E-state index in [-0.39, 0.29) is 5.91 Å². The number of nitrogens with one attached hydrogen (secondary N) is 2. The number of rotatable bonds is 4. The maximum Gasteiger partial charge on any atom is 0.238 e. The summed E-state index contributed by atoms with van der Waals surface area (Å²) in [6.45, 7) is 2.34. The van der Waals surface area contributed by atoms with E-state index in [1.54, 1.807) is 12.1 Å². The van der Waals surface area contributed by atoms with E-state index in [1.165, 1.54) is 0 Å². The van der Waals surface area contributed by atoms with E-state index in [1.807, 2.05) is 13.1 Å². The lowest BCUT2D eigenvalue weighted by Crippen LogP contribution is -2.39. The zero-order valence-corrected chi connectivity index (χ0v) is 13.1. The van der Waals surface area contributed by atoms with Crippen molar-refractivity contribution >= 4 is 39.1 Å². The summed E-state index contributed by atoms with van der Waals surface area (Å²) in [6.07, 6.45) is 1.09. The maximum absolute atomic E-state index is 12.0. The maximum atomic E-state index is 12.0. The summed E-state index contributed by atoms with van der Waals surface area (Å²) < 4.78 is 0.893. The molecule has 6 heteroatoms. The Hall–Kier alpha value is -0.620. The van der Waals surface area contributed by atoms with Gasteiger partial charge in [0, 0.05) is 17.1 Å². The second kappa shape index (κ2) is 6.70. The molecule has 1 aromatic rings. The molecule has 1 unspecified atom stereocenters. The van der Waals surface area contributed by atoms with Crippen molar-refractivity contribution in [3.63, 3.8) is 0 Å². The number of anilines is 1. The smallest absolute Gasteiger partial charge is 0.238 e. The van der Waals surface area contributed by atoms with Crippen molar-refractivity contribution in [1.29, 1.82) is 0 Å². The average Bonchev–Trinajstić information content (AvgIpc) is 2.86. The van der Waals surface area contributed by atoms with Crippen LogP contribution in [0.1, 0.15) is 6.42 Å². The summed E-state index contributed by atoms with van der Waals surface area (Å²) in [5, 5.41) is 6.66. The van der Waals surface area contributed by atoms with Crippen LogP contribution in [0, 0.1) is 0 Å². The first-order valence-electron chi connectivity index (χ1n) is 6.22. The van der Waals surface area contributed by atoms with E-state index in [9.17, 15) is 4.79 Å². The molecule has 2 rings (SSSR count). The molecular weight excluding hydrogens is 330 g/mol. The fourth-order valence-electron chi connectivity index (χ4n) is 2.15. The molecule has 2 N–H and O–H groups in total. The third-order valence-corrected chi connectivity index (χ3v) is 4.06. The molecule has 0 bridgehead atoms. The van der Waals surface area contributed by atoms with Crippen LogP contribution < -0.4 is 10.6 Å². The highest BCUT2D eigenvalue weighted by Crippen LogP contribution is 2.25. The zero-order valence-electron chi connectivity index (χ0n) is 10.7. The molecule has 104 valence electrons. The number of nitrogens with zero attached hydrogens (tertiary/aromatic N) is 1. The Bertz CT molecular complexity index is 463. The molecule has 1 aliphatic rings. The first-order valence-corrected chi connectivity index (χ1v) is 7.39. The Kier molecular flexibility index (Phi) is 5.21. The average molecular weight is 347 g/mol. The molecular formula is C13H17BrClN3O. The van der Waals surface area contributed by atoms with E-state index < -0.39 is 0 Å². The number of hydrogen-bond acceptors (Lipinski definition) is 3. The van der Waals surface area contributed by atoms with Crippen molar-refractivity contribution in [3.8, 4) is 0 Å². The molecule has 0 spiro atoms. The Balaban J connectivity index is 1.89. The highest BCUT2D eigenvalue weighted by Gasteiger charge is 2.21. The Morgan fingerprint density at radius 2 is 2.42 bits per heavy atom. The van der Waals surface area contributed by atoms with Crippen LogP contribution in [0.3, 0.4) is 0 Å². The first kappa shape index (κ1) is 14.8. The summed E-state index contributed by atoms with van der Waals surface area (Å²) in [7, 11) is 1.97. The molecule has 0 radical (unpaired) electrons. The van der Waals surface area contributed by atoms with Gasteiger partial charge in [-0.25, -0.2) is 0 Å². The predicted molar refractivity (Wildman–Crippen MR) is 81.7 cm³/mol. The van der Waals surface area contributed by atoms with Crippen LogP contribution in [0.4, 0.5) is 5.69 Å². The van der Waals surface area contributed by atoms with Crippen molar-refractivity contribution in [2.45, 2.75) is 12.5 Å². The quantitative estimate of drug-likeness (QED) is 0.879. The molecule has 1 amide bonds. The summed E-state index contributed by atoms with van der Waals surface area (Å²) in [5.74, 6) is -0.0429. The summed E-state index contributed by atoms with van der Waals surface area (Å²) in [4.78, 5) is 14.0. The minimum absolute atomic E-state index is 0.0429. The summed E-state index contributed by atoms with van der Waals surface area (Å²) >= 11 is 9.40. The Morgan fingerprint density at radius 1 is 1.63 bits per heavy atom. The molecule has 4 nitrogen and oxygen atoms in total. The minimum Gasteiger partial charge on any atom is -0.324 e. The van der Waals surface area contributed by atoms with Gasteiger partial charge in [-0.1, -0.05) is 27.5 Å². The van der Waals surface area contributed by atoms with Crippen LogP contribution in [0.2, 0.25) is 5.02 Å². The van der Waals surface area contributed by atoms with Gasteiger partial charge in [0.25, 0.3) is 0 Å². The van der Waals surface area contributed by atoms with Gasteiger partial charge >= 0.3 is 0 Å². The molecule has 0 aromatic heterocycles. The van der Waals surface area contributed by atoms with Crippen LogP contribution in [0.15, 0.2) is 22.7 Å². The lowest BCUT2D eigenvalue weighted by atomic mass is 10.2. The van der Waals surface area contributed by atoms with E-state index in [4.69, 9.17) is 11.6 Å². The monoisotopic (exact) mass is 345 g/mol. The number of carbonyl (C=O) groups excluding carboxylic acids is 1.